The molecule has 0 unspecified atom stereocenters. The van der Waals surface area contributed by atoms with Crippen LogP contribution in [0.1, 0.15) is 15.9 Å². The Hall–Kier alpha value is -2.22. The van der Waals surface area contributed by atoms with Crippen LogP contribution in [0.2, 0.25) is 10.0 Å². The van der Waals surface area contributed by atoms with Crippen LogP contribution in [0.15, 0.2) is 47.1 Å². The zero-order valence-electron chi connectivity index (χ0n) is 15.0. The molecule has 0 aliphatic carbocycles. The van der Waals surface area contributed by atoms with Gasteiger partial charge in [0.1, 0.15) is 21.8 Å². The molecule has 28 heavy (non-hydrogen) atoms. The number of rotatable bonds is 6. The average molecular weight is 485 g/mol. The van der Waals surface area contributed by atoms with Gasteiger partial charge in [0.15, 0.2) is 0 Å². The van der Waals surface area contributed by atoms with Crippen LogP contribution in [0.5, 0.6) is 11.5 Å². The highest BCUT2D eigenvalue weighted by atomic mass is 79.9. The molecule has 3 aromatic rings. The minimum atomic E-state index is -0.331. The molecule has 146 valence electrons. The van der Waals surface area contributed by atoms with Gasteiger partial charge in [-0.15, -0.1) is 0 Å². The molecule has 1 heterocycles. The predicted octanol–water partition coefficient (Wildman–Crippen LogP) is 5.27. The van der Waals surface area contributed by atoms with Crippen LogP contribution < -0.4 is 14.8 Å². The Kier molecular flexibility index (Phi) is 6.49. The SMILES string of the molecule is COc1cc(C(=O)Nc2ccnn2Cc2cccc(Cl)c2Cl)cc(OC)c1Br. The van der Waals surface area contributed by atoms with Crippen molar-refractivity contribution in [1.82, 2.24) is 9.78 Å². The number of carbonyl (C=O) groups is 1. The number of nitrogens with zero attached hydrogens (tertiary/aromatic N) is 2. The Balaban J connectivity index is 1.85. The molecular weight excluding hydrogens is 469 g/mol. The zero-order valence-corrected chi connectivity index (χ0v) is 18.1. The van der Waals surface area contributed by atoms with Crippen molar-refractivity contribution in [2.75, 3.05) is 19.5 Å². The van der Waals surface area contributed by atoms with Crippen molar-refractivity contribution in [2.24, 2.45) is 0 Å². The third-order valence-corrected chi connectivity index (χ3v) is 5.66. The van der Waals surface area contributed by atoms with Gasteiger partial charge in [-0.05, 0) is 39.7 Å². The second-order valence-electron chi connectivity index (χ2n) is 5.74. The van der Waals surface area contributed by atoms with Gasteiger partial charge in [0, 0.05) is 11.6 Å². The lowest BCUT2D eigenvalue weighted by Gasteiger charge is -2.13. The van der Waals surface area contributed by atoms with Gasteiger partial charge in [0.2, 0.25) is 0 Å². The van der Waals surface area contributed by atoms with Gasteiger partial charge in [-0.25, -0.2) is 4.68 Å². The number of aromatic nitrogens is 2. The molecule has 0 bridgehead atoms. The van der Waals surface area contributed by atoms with Gasteiger partial charge in [0.05, 0.1) is 37.0 Å². The van der Waals surface area contributed by atoms with Crippen molar-refractivity contribution < 1.29 is 14.3 Å². The number of benzene rings is 2. The minimum absolute atomic E-state index is 0.331. The molecule has 0 saturated carbocycles. The van der Waals surface area contributed by atoms with E-state index < -0.39 is 0 Å². The van der Waals surface area contributed by atoms with Gasteiger partial charge in [0.25, 0.3) is 5.91 Å². The summed E-state index contributed by atoms with van der Waals surface area (Å²) in [6.07, 6.45) is 1.59. The number of hydrogen-bond acceptors (Lipinski definition) is 4. The lowest BCUT2D eigenvalue weighted by Crippen LogP contribution is -2.16. The second kappa shape index (κ2) is 8.86. The van der Waals surface area contributed by atoms with Crippen molar-refractivity contribution in [1.29, 1.82) is 0 Å². The molecule has 2 aromatic carbocycles. The van der Waals surface area contributed by atoms with E-state index in [-0.39, 0.29) is 5.91 Å². The molecule has 1 amide bonds. The Morgan fingerprint density at radius 3 is 2.50 bits per heavy atom. The molecule has 0 atom stereocenters. The summed E-state index contributed by atoms with van der Waals surface area (Å²) in [5.74, 6) is 1.16. The summed E-state index contributed by atoms with van der Waals surface area (Å²) < 4.78 is 12.8. The van der Waals surface area contributed by atoms with Crippen molar-refractivity contribution in [2.45, 2.75) is 6.54 Å². The van der Waals surface area contributed by atoms with E-state index in [1.807, 2.05) is 12.1 Å². The van der Waals surface area contributed by atoms with Crippen LogP contribution in [0.4, 0.5) is 5.82 Å². The number of nitrogens with one attached hydrogen (secondary N) is 1. The molecule has 0 spiro atoms. The maximum atomic E-state index is 12.8. The van der Waals surface area contributed by atoms with E-state index in [0.29, 0.717) is 43.9 Å². The summed E-state index contributed by atoms with van der Waals surface area (Å²) in [6.45, 7) is 0.356. The molecule has 0 aliphatic heterocycles. The Morgan fingerprint density at radius 2 is 1.86 bits per heavy atom. The fourth-order valence-corrected chi connectivity index (χ4v) is 3.52. The fraction of sp³-hybridized carbons (Fsp3) is 0.158. The van der Waals surface area contributed by atoms with Crippen molar-refractivity contribution in [3.05, 3.63) is 68.2 Å². The summed E-state index contributed by atoms with van der Waals surface area (Å²) in [4.78, 5) is 12.8. The van der Waals surface area contributed by atoms with Gasteiger partial charge < -0.3 is 14.8 Å². The van der Waals surface area contributed by atoms with Crippen molar-refractivity contribution in [3.8, 4) is 11.5 Å². The Labute approximate surface area is 180 Å². The summed E-state index contributed by atoms with van der Waals surface area (Å²) >= 11 is 15.7. The third kappa shape index (κ3) is 4.27. The zero-order chi connectivity index (χ0) is 20.3. The Bertz CT molecular complexity index is 998. The number of hydrogen-bond donors (Lipinski definition) is 1. The summed E-state index contributed by atoms with van der Waals surface area (Å²) in [6, 6.07) is 10.3. The van der Waals surface area contributed by atoms with E-state index in [1.165, 1.54) is 14.2 Å². The lowest BCUT2D eigenvalue weighted by atomic mass is 10.2. The molecule has 0 radical (unpaired) electrons. The number of ether oxygens (including phenoxy) is 2. The highest BCUT2D eigenvalue weighted by molar-refractivity contribution is 9.10. The molecular formula is C19H16BrCl2N3O3. The molecule has 6 nitrogen and oxygen atoms in total. The van der Waals surface area contributed by atoms with E-state index in [9.17, 15) is 4.79 Å². The van der Waals surface area contributed by atoms with Gasteiger partial charge >= 0.3 is 0 Å². The van der Waals surface area contributed by atoms with Gasteiger partial charge in [-0.1, -0.05) is 35.3 Å². The van der Waals surface area contributed by atoms with E-state index in [2.05, 4.69) is 26.3 Å². The topological polar surface area (TPSA) is 65.4 Å². The third-order valence-electron chi connectivity index (χ3n) is 4.02. The average Bonchev–Trinajstić information content (AvgIpc) is 3.12. The van der Waals surface area contributed by atoms with E-state index in [4.69, 9.17) is 32.7 Å². The smallest absolute Gasteiger partial charge is 0.257 e. The highest BCUT2D eigenvalue weighted by Crippen LogP contribution is 2.35. The molecule has 0 aliphatic rings. The van der Waals surface area contributed by atoms with Gasteiger partial charge in [-0.3, -0.25) is 4.79 Å². The first-order chi connectivity index (χ1) is 13.4. The first-order valence-electron chi connectivity index (χ1n) is 8.12. The molecule has 3 rings (SSSR count). The van der Waals surface area contributed by atoms with Crippen molar-refractivity contribution >= 4 is 50.9 Å². The molecule has 0 fully saturated rings. The molecule has 1 aromatic heterocycles. The van der Waals surface area contributed by atoms with E-state index in [0.717, 1.165) is 5.56 Å². The number of carbonyl (C=O) groups excluding carboxylic acids is 1. The number of amides is 1. The normalized spacial score (nSPS) is 10.6. The number of halogens is 3. The van der Waals surface area contributed by atoms with Crippen LogP contribution in [-0.4, -0.2) is 29.9 Å². The summed E-state index contributed by atoms with van der Waals surface area (Å²) in [5, 5.41) is 8.02. The predicted molar refractivity (Wildman–Crippen MR) is 113 cm³/mol. The van der Waals surface area contributed by atoms with Crippen LogP contribution >= 0.6 is 39.1 Å². The molecule has 9 heteroatoms. The largest absolute Gasteiger partial charge is 0.495 e. The number of methoxy groups -OCH3 is 2. The van der Waals surface area contributed by atoms with Crippen LogP contribution in [0, 0.1) is 0 Å². The maximum absolute atomic E-state index is 12.8. The van der Waals surface area contributed by atoms with Crippen molar-refractivity contribution in [3.63, 3.8) is 0 Å². The first kappa shape index (κ1) is 20.5. The molecule has 0 saturated heterocycles. The van der Waals surface area contributed by atoms with E-state index >= 15 is 0 Å². The lowest BCUT2D eigenvalue weighted by molar-refractivity contribution is 0.102. The van der Waals surface area contributed by atoms with Crippen LogP contribution in [-0.2, 0) is 6.54 Å². The standard InChI is InChI=1S/C19H16BrCl2N3O3/c1-27-14-8-12(9-15(28-2)17(14)20)19(26)24-16-6-7-23-25(16)10-11-4-3-5-13(21)18(11)22/h3-9H,10H2,1-2H3,(H,24,26). The maximum Gasteiger partial charge on any atom is 0.257 e. The van der Waals surface area contributed by atoms with Crippen LogP contribution in [0.3, 0.4) is 0 Å². The number of anilines is 1. The monoisotopic (exact) mass is 483 g/mol. The summed E-state index contributed by atoms with van der Waals surface area (Å²) in [7, 11) is 3.04. The van der Waals surface area contributed by atoms with Crippen LogP contribution in [0.25, 0.3) is 0 Å². The second-order valence-corrected chi connectivity index (χ2v) is 7.31. The fourth-order valence-electron chi connectivity index (χ4n) is 2.59. The highest BCUT2D eigenvalue weighted by Gasteiger charge is 2.16. The molecule has 1 N–H and O–H groups in total. The summed E-state index contributed by atoms with van der Waals surface area (Å²) in [5.41, 5.74) is 1.17. The van der Waals surface area contributed by atoms with E-state index in [1.54, 1.807) is 35.1 Å². The first-order valence-corrected chi connectivity index (χ1v) is 9.67. The Morgan fingerprint density at radius 1 is 1.18 bits per heavy atom. The quantitative estimate of drug-likeness (QED) is 0.517. The van der Waals surface area contributed by atoms with Gasteiger partial charge in [-0.2, -0.15) is 5.10 Å². The minimum Gasteiger partial charge on any atom is -0.495 e.